The molecule has 0 amide bonds. The molecular weight excluding hydrogens is 352 g/mol. The zero-order chi connectivity index (χ0) is 19.4. The molecule has 5 rings (SSSR count). The van der Waals surface area contributed by atoms with Crippen molar-refractivity contribution in [3.63, 3.8) is 0 Å². The SMILES string of the molecule is CN(CCCO)c1ccc2c3c1cccc3c(=O)n1c3ccc(N)cc3nc21. The van der Waals surface area contributed by atoms with E-state index in [1.807, 2.05) is 37.4 Å². The Morgan fingerprint density at radius 3 is 2.75 bits per heavy atom. The van der Waals surface area contributed by atoms with Crippen LogP contribution in [0.4, 0.5) is 11.4 Å². The minimum Gasteiger partial charge on any atom is -0.399 e. The Kier molecular flexibility index (Phi) is 3.64. The van der Waals surface area contributed by atoms with Gasteiger partial charge in [-0.25, -0.2) is 4.98 Å². The molecule has 3 aromatic carbocycles. The molecule has 0 saturated heterocycles. The van der Waals surface area contributed by atoms with Crippen LogP contribution in [0, 0.1) is 0 Å². The first-order valence-corrected chi connectivity index (χ1v) is 9.31. The van der Waals surface area contributed by atoms with E-state index in [9.17, 15) is 4.79 Å². The zero-order valence-electron chi connectivity index (χ0n) is 15.5. The highest BCUT2D eigenvalue weighted by atomic mass is 16.3. The molecule has 0 unspecified atom stereocenters. The van der Waals surface area contributed by atoms with Crippen molar-refractivity contribution < 1.29 is 5.11 Å². The van der Waals surface area contributed by atoms with Crippen LogP contribution < -0.4 is 16.2 Å². The predicted molar refractivity (Wildman–Crippen MR) is 115 cm³/mol. The van der Waals surface area contributed by atoms with E-state index < -0.39 is 0 Å². The molecule has 5 aromatic rings. The molecule has 0 aliphatic rings. The van der Waals surface area contributed by atoms with E-state index in [1.165, 1.54) is 0 Å². The summed E-state index contributed by atoms with van der Waals surface area (Å²) in [6, 6.07) is 15.4. The molecule has 0 spiro atoms. The lowest BCUT2D eigenvalue weighted by Gasteiger charge is -2.22. The number of hydrogen-bond donors (Lipinski definition) is 2. The quantitative estimate of drug-likeness (QED) is 0.474. The number of aliphatic hydroxyl groups excluding tert-OH is 1. The number of pyridine rings is 1. The van der Waals surface area contributed by atoms with Crippen molar-refractivity contribution in [3.05, 3.63) is 58.9 Å². The average molecular weight is 372 g/mol. The standard InChI is InChI=1S/C22H20N4O2/c1-25(10-3-11-27)18-9-7-15-20-14(18)4-2-5-16(20)22(28)26-19-8-6-13(23)12-17(19)24-21(15)26/h2,4-9,12,27H,3,10-11,23H2,1H3. The highest BCUT2D eigenvalue weighted by molar-refractivity contribution is 6.18. The molecule has 0 radical (unpaired) electrons. The highest BCUT2D eigenvalue weighted by Crippen LogP contribution is 2.35. The van der Waals surface area contributed by atoms with Crippen molar-refractivity contribution in [2.45, 2.75) is 6.42 Å². The topological polar surface area (TPSA) is 83.9 Å². The van der Waals surface area contributed by atoms with Gasteiger partial charge in [-0.05, 0) is 42.8 Å². The van der Waals surface area contributed by atoms with Gasteiger partial charge in [0.2, 0.25) is 0 Å². The Hall–Kier alpha value is -3.38. The van der Waals surface area contributed by atoms with Gasteiger partial charge in [0.05, 0.1) is 11.0 Å². The van der Waals surface area contributed by atoms with E-state index in [-0.39, 0.29) is 12.2 Å². The van der Waals surface area contributed by atoms with Crippen LogP contribution in [0.15, 0.2) is 53.3 Å². The molecule has 0 atom stereocenters. The normalized spacial score (nSPS) is 11.9. The summed E-state index contributed by atoms with van der Waals surface area (Å²) in [7, 11) is 2.00. The van der Waals surface area contributed by atoms with Crippen LogP contribution in [0.1, 0.15) is 6.42 Å². The molecule has 0 aliphatic heterocycles. The van der Waals surface area contributed by atoms with Gasteiger partial charge in [0, 0.05) is 53.1 Å². The molecule has 140 valence electrons. The largest absolute Gasteiger partial charge is 0.399 e. The Morgan fingerprint density at radius 1 is 1.11 bits per heavy atom. The average Bonchev–Trinajstić information content (AvgIpc) is 3.08. The Balaban J connectivity index is 1.92. The zero-order valence-corrected chi connectivity index (χ0v) is 15.5. The van der Waals surface area contributed by atoms with Crippen LogP contribution in [0.5, 0.6) is 0 Å². The predicted octanol–water partition coefficient (Wildman–Crippen LogP) is 2.99. The molecule has 3 N–H and O–H groups in total. The fraction of sp³-hybridized carbons (Fsp3) is 0.182. The molecule has 6 nitrogen and oxygen atoms in total. The number of aromatic nitrogens is 2. The summed E-state index contributed by atoms with van der Waals surface area (Å²) in [4.78, 5) is 20.2. The van der Waals surface area contributed by atoms with Crippen molar-refractivity contribution in [2.24, 2.45) is 0 Å². The van der Waals surface area contributed by atoms with E-state index in [4.69, 9.17) is 15.8 Å². The van der Waals surface area contributed by atoms with Gasteiger partial charge < -0.3 is 15.7 Å². The number of nitrogen functional groups attached to an aromatic ring is 1. The van der Waals surface area contributed by atoms with Crippen molar-refractivity contribution in [1.82, 2.24) is 9.38 Å². The van der Waals surface area contributed by atoms with Crippen molar-refractivity contribution >= 4 is 49.6 Å². The van der Waals surface area contributed by atoms with Gasteiger partial charge in [-0.2, -0.15) is 0 Å². The van der Waals surface area contributed by atoms with Gasteiger partial charge in [-0.1, -0.05) is 12.1 Å². The van der Waals surface area contributed by atoms with Crippen molar-refractivity contribution in [1.29, 1.82) is 0 Å². The van der Waals surface area contributed by atoms with Crippen LogP contribution in [-0.2, 0) is 0 Å². The number of nitrogens with zero attached hydrogens (tertiary/aromatic N) is 3. The third kappa shape index (κ3) is 2.25. The Morgan fingerprint density at radius 2 is 1.93 bits per heavy atom. The summed E-state index contributed by atoms with van der Waals surface area (Å²) in [5.74, 6) is 0. The van der Waals surface area contributed by atoms with E-state index in [0.29, 0.717) is 28.7 Å². The molecular formula is C22H20N4O2. The highest BCUT2D eigenvalue weighted by Gasteiger charge is 2.18. The second-order valence-corrected chi connectivity index (χ2v) is 7.18. The summed E-state index contributed by atoms with van der Waals surface area (Å²) in [5, 5.41) is 12.7. The third-order valence-corrected chi connectivity index (χ3v) is 5.43. The summed E-state index contributed by atoms with van der Waals surface area (Å²) in [6.07, 6.45) is 0.690. The molecule has 0 aliphatic carbocycles. The Labute approximate surface area is 160 Å². The first-order valence-electron chi connectivity index (χ1n) is 9.31. The molecule has 0 fully saturated rings. The molecule has 2 aromatic heterocycles. The first kappa shape index (κ1) is 16.8. The van der Waals surface area contributed by atoms with Gasteiger partial charge in [0.15, 0.2) is 0 Å². The number of fused-ring (bicyclic) bond motifs is 4. The molecule has 6 heteroatoms. The van der Waals surface area contributed by atoms with E-state index >= 15 is 0 Å². The van der Waals surface area contributed by atoms with Crippen LogP contribution in [0.3, 0.4) is 0 Å². The van der Waals surface area contributed by atoms with E-state index in [2.05, 4.69) is 11.0 Å². The van der Waals surface area contributed by atoms with E-state index in [1.54, 1.807) is 16.5 Å². The number of rotatable bonds is 4. The maximum Gasteiger partial charge on any atom is 0.264 e. The molecule has 0 saturated carbocycles. The fourth-order valence-corrected chi connectivity index (χ4v) is 4.12. The monoisotopic (exact) mass is 372 g/mol. The number of imidazole rings is 1. The number of nitrogens with two attached hydrogens (primary N) is 1. The second kappa shape index (κ2) is 6.07. The maximum atomic E-state index is 13.4. The molecule has 2 heterocycles. The summed E-state index contributed by atoms with van der Waals surface area (Å²) in [6.45, 7) is 0.887. The number of anilines is 2. The summed E-state index contributed by atoms with van der Waals surface area (Å²) < 4.78 is 1.68. The van der Waals surface area contributed by atoms with Crippen LogP contribution >= 0.6 is 0 Å². The van der Waals surface area contributed by atoms with Gasteiger partial charge in [0.1, 0.15) is 5.65 Å². The smallest absolute Gasteiger partial charge is 0.264 e. The van der Waals surface area contributed by atoms with E-state index in [0.717, 1.165) is 33.9 Å². The molecule has 28 heavy (non-hydrogen) atoms. The second-order valence-electron chi connectivity index (χ2n) is 7.18. The lowest BCUT2D eigenvalue weighted by atomic mass is 10.0. The van der Waals surface area contributed by atoms with Gasteiger partial charge >= 0.3 is 0 Å². The number of aliphatic hydroxyl groups is 1. The van der Waals surface area contributed by atoms with Crippen LogP contribution in [0.25, 0.3) is 38.2 Å². The van der Waals surface area contributed by atoms with Gasteiger partial charge in [0.25, 0.3) is 5.56 Å². The minimum atomic E-state index is -0.0736. The van der Waals surface area contributed by atoms with Crippen LogP contribution in [0.2, 0.25) is 0 Å². The van der Waals surface area contributed by atoms with Crippen molar-refractivity contribution in [3.8, 4) is 0 Å². The fourth-order valence-electron chi connectivity index (χ4n) is 4.12. The van der Waals surface area contributed by atoms with Crippen LogP contribution in [-0.4, -0.2) is 34.7 Å². The van der Waals surface area contributed by atoms with Gasteiger partial charge in [-0.15, -0.1) is 0 Å². The lowest BCUT2D eigenvalue weighted by Crippen LogP contribution is -2.20. The third-order valence-electron chi connectivity index (χ3n) is 5.43. The molecule has 0 bridgehead atoms. The van der Waals surface area contributed by atoms with Gasteiger partial charge in [-0.3, -0.25) is 9.20 Å². The summed E-state index contributed by atoms with van der Waals surface area (Å²) in [5.41, 5.74) is 9.63. The van der Waals surface area contributed by atoms with Crippen molar-refractivity contribution in [2.75, 3.05) is 30.8 Å². The first-order chi connectivity index (χ1) is 13.6. The maximum absolute atomic E-state index is 13.4. The lowest BCUT2D eigenvalue weighted by molar-refractivity contribution is 0.290. The number of hydrogen-bond acceptors (Lipinski definition) is 5. The Bertz CT molecular complexity index is 1410. The minimum absolute atomic E-state index is 0.0736. The number of benzene rings is 3. The summed E-state index contributed by atoms with van der Waals surface area (Å²) >= 11 is 0.